The molecule has 0 radical (unpaired) electrons. The zero-order chi connectivity index (χ0) is 13.7. The molecule has 4 nitrogen and oxygen atoms in total. The summed E-state index contributed by atoms with van der Waals surface area (Å²) in [5.74, 6) is 0. The summed E-state index contributed by atoms with van der Waals surface area (Å²) in [6, 6.07) is 2.63. The number of hydrogen-bond donors (Lipinski definition) is 2. The van der Waals surface area contributed by atoms with Crippen molar-refractivity contribution in [2.45, 2.75) is 52.0 Å². The van der Waals surface area contributed by atoms with Crippen molar-refractivity contribution in [1.29, 1.82) is 0 Å². The summed E-state index contributed by atoms with van der Waals surface area (Å²) in [6.45, 7) is 6.70. The monoisotopic (exact) mass is 265 g/mol. The van der Waals surface area contributed by atoms with Gasteiger partial charge < -0.3 is 10.4 Å². The smallest absolute Gasteiger partial charge is 0.0631 e. The lowest BCUT2D eigenvalue weighted by Crippen LogP contribution is -2.40. The Morgan fingerprint density at radius 3 is 2.63 bits per heavy atom. The van der Waals surface area contributed by atoms with Crippen molar-refractivity contribution in [2.75, 3.05) is 19.7 Å². The number of aliphatic hydroxyl groups excluding tert-OH is 1. The van der Waals surface area contributed by atoms with Gasteiger partial charge in [0.25, 0.3) is 0 Å². The molecule has 0 saturated carbocycles. The minimum atomic E-state index is 0.0400. The molecule has 2 N–H and O–H groups in total. The van der Waals surface area contributed by atoms with Crippen molar-refractivity contribution in [3.63, 3.8) is 0 Å². The molecule has 0 aliphatic carbocycles. The van der Waals surface area contributed by atoms with Crippen LogP contribution in [0.1, 0.15) is 51.3 Å². The number of hydrogen-bond acceptors (Lipinski definition) is 3. The molecule has 108 valence electrons. The van der Waals surface area contributed by atoms with E-state index < -0.39 is 0 Å². The highest BCUT2D eigenvalue weighted by atomic mass is 16.3. The second-order valence-corrected chi connectivity index (χ2v) is 5.84. The van der Waals surface area contributed by atoms with E-state index in [-0.39, 0.29) is 12.0 Å². The lowest BCUT2D eigenvalue weighted by atomic mass is 9.76. The zero-order valence-electron chi connectivity index (χ0n) is 12.2. The number of nitrogens with one attached hydrogen (secondary N) is 1. The predicted molar refractivity (Wildman–Crippen MR) is 77.2 cm³/mol. The van der Waals surface area contributed by atoms with Crippen LogP contribution in [0.25, 0.3) is 0 Å². The Balaban J connectivity index is 2.05. The predicted octanol–water partition coefficient (Wildman–Crippen LogP) is 2.15. The van der Waals surface area contributed by atoms with E-state index in [1.165, 1.54) is 0 Å². The molecule has 1 aromatic rings. The summed E-state index contributed by atoms with van der Waals surface area (Å²) >= 11 is 0. The molecule has 1 saturated heterocycles. The molecule has 0 aromatic carbocycles. The molecule has 1 aliphatic heterocycles. The van der Waals surface area contributed by atoms with E-state index in [2.05, 4.69) is 36.1 Å². The van der Waals surface area contributed by atoms with Crippen LogP contribution in [-0.2, 0) is 6.42 Å². The Hall–Kier alpha value is -0.870. The van der Waals surface area contributed by atoms with Gasteiger partial charge in [-0.3, -0.25) is 4.68 Å². The topological polar surface area (TPSA) is 50.1 Å². The van der Waals surface area contributed by atoms with Crippen LogP contribution in [0.5, 0.6) is 0 Å². The van der Waals surface area contributed by atoms with E-state index in [4.69, 9.17) is 5.10 Å². The molecular formula is C15H27N3O. The third-order valence-electron chi connectivity index (χ3n) is 4.54. The van der Waals surface area contributed by atoms with Gasteiger partial charge in [-0.15, -0.1) is 0 Å². The van der Waals surface area contributed by atoms with Gasteiger partial charge in [0.05, 0.1) is 11.7 Å². The molecule has 4 heteroatoms. The van der Waals surface area contributed by atoms with Gasteiger partial charge >= 0.3 is 0 Å². The molecule has 0 atom stereocenters. The highest BCUT2D eigenvalue weighted by Gasteiger charge is 2.32. The van der Waals surface area contributed by atoms with Crippen molar-refractivity contribution in [2.24, 2.45) is 5.41 Å². The summed E-state index contributed by atoms with van der Waals surface area (Å²) in [5, 5.41) is 17.8. The maximum Gasteiger partial charge on any atom is 0.0631 e. The first-order chi connectivity index (χ1) is 9.23. The molecule has 2 heterocycles. The Kier molecular flexibility index (Phi) is 4.99. The fourth-order valence-corrected chi connectivity index (χ4v) is 3.07. The van der Waals surface area contributed by atoms with Crippen LogP contribution < -0.4 is 5.32 Å². The number of aliphatic hydroxyl groups is 1. The fraction of sp³-hybridized carbons (Fsp3) is 0.800. The first-order valence-corrected chi connectivity index (χ1v) is 7.58. The highest BCUT2D eigenvalue weighted by Crippen LogP contribution is 2.32. The van der Waals surface area contributed by atoms with Crippen LogP contribution in [0.2, 0.25) is 0 Å². The Labute approximate surface area is 116 Å². The van der Waals surface area contributed by atoms with E-state index in [0.717, 1.165) is 50.9 Å². The first kappa shape index (κ1) is 14.5. The third kappa shape index (κ3) is 3.37. The summed E-state index contributed by atoms with van der Waals surface area (Å²) in [5.41, 5.74) is 1.17. The molecule has 1 aliphatic rings. The zero-order valence-corrected chi connectivity index (χ0v) is 12.2. The summed E-state index contributed by atoms with van der Waals surface area (Å²) < 4.78 is 2.10. The van der Waals surface area contributed by atoms with E-state index in [1.54, 1.807) is 0 Å². The van der Waals surface area contributed by atoms with Gasteiger partial charge in [0.2, 0.25) is 0 Å². The SMILES string of the molecule is CCC(CC)n1ccc(CC2(CO)CCNCC2)n1. The average molecular weight is 265 g/mol. The Morgan fingerprint density at radius 1 is 1.37 bits per heavy atom. The van der Waals surface area contributed by atoms with Gasteiger partial charge in [-0.25, -0.2) is 0 Å². The second kappa shape index (κ2) is 6.53. The maximum absolute atomic E-state index is 9.75. The lowest BCUT2D eigenvalue weighted by molar-refractivity contribution is 0.0881. The molecule has 1 aromatic heterocycles. The summed E-state index contributed by atoms with van der Waals surface area (Å²) in [6.07, 6.45) is 7.32. The number of nitrogens with zero attached hydrogens (tertiary/aromatic N) is 2. The first-order valence-electron chi connectivity index (χ1n) is 7.58. The number of rotatable bonds is 6. The summed E-state index contributed by atoms with van der Waals surface area (Å²) in [7, 11) is 0. The van der Waals surface area contributed by atoms with Crippen LogP contribution in [-0.4, -0.2) is 34.6 Å². The van der Waals surface area contributed by atoms with Crippen molar-refractivity contribution >= 4 is 0 Å². The van der Waals surface area contributed by atoms with E-state index in [9.17, 15) is 5.11 Å². The lowest BCUT2D eigenvalue weighted by Gasteiger charge is -2.35. The molecule has 0 spiro atoms. The summed E-state index contributed by atoms with van der Waals surface area (Å²) in [4.78, 5) is 0. The Bertz CT molecular complexity index is 378. The van der Waals surface area contributed by atoms with Crippen molar-refractivity contribution < 1.29 is 5.11 Å². The molecular weight excluding hydrogens is 238 g/mol. The average Bonchev–Trinajstić information content (AvgIpc) is 2.89. The van der Waals surface area contributed by atoms with Gasteiger partial charge in [-0.2, -0.15) is 5.10 Å². The van der Waals surface area contributed by atoms with Gasteiger partial charge in [-0.05, 0) is 51.3 Å². The van der Waals surface area contributed by atoms with Gasteiger partial charge in [-0.1, -0.05) is 13.8 Å². The van der Waals surface area contributed by atoms with E-state index >= 15 is 0 Å². The van der Waals surface area contributed by atoms with Gasteiger partial charge in [0.1, 0.15) is 0 Å². The molecule has 0 unspecified atom stereocenters. The van der Waals surface area contributed by atoms with Crippen LogP contribution in [0, 0.1) is 5.41 Å². The molecule has 0 bridgehead atoms. The van der Waals surface area contributed by atoms with Crippen LogP contribution in [0.4, 0.5) is 0 Å². The van der Waals surface area contributed by atoms with Crippen LogP contribution in [0.3, 0.4) is 0 Å². The largest absolute Gasteiger partial charge is 0.396 e. The van der Waals surface area contributed by atoms with Crippen LogP contribution in [0.15, 0.2) is 12.3 Å². The standard InChI is InChI=1S/C15H27N3O/c1-3-14(4-2)18-10-5-13(17-18)11-15(12-19)6-8-16-9-7-15/h5,10,14,16,19H,3-4,6-9,11-12H2,1-2H3. The third-order valence-corrected chi connectivity index (χ3v) is 4.54. The van der Waals surface area contributed by atoms with Crippen LogP contribution >= 0.6 is 0 Å². The quantitative estimate of drug-likeness (QED) is 0.828. The highest BCUT2D eigenvalue weighted by molar-refractivity contribution is 5.05. The molecule has 1 fully saturated rings. The normalized spacial score (nSPS) is 18.9. The fourth-order valence-electron chi connectivity index (χ4n) is 3.07. The molecule has 0 amide bonds. The molecule has 2 rings (SSSR count). The van der Waals surface area contributed by atoms with Crippen molar-refractivity contribution in [1.82, 2.24) is 15.1 Å². The van der Waals surface area contributed by atoms with Crippen molar-refractivity contribution in [3.05, 3.63) is 18.0 Å². The number of piperidine rings is 1. The van der Waals surface area contributed by atoms with E-state index in [1.807, 2.05) is 0 Å². The molecule has 19 heavy (non-hydrogen) atoms. The minimum absolute atomic E-state index is 0.0400. The minimum Gasteiger partial charge on any atom is -0.396 e. The second-order valence-electron chi connectivity index (χ2n) is 5.84. The Morgan fingerprint density at radius 2 is 2.05 bits per heavy atom. The van der Waals surface area contributed by atoms with Gasteiger partial charge in [0.15, 0.2) is 0 Å². The maximum atomic E-state index is 9.75. The van der Waals surface area contributed by atoms with Gasteiger partial charge in [0, 0.05) is 18.2 Å². The van der Waals surface area contributed by atoms with E-state index in [0.29, 0.717) is 6.04 Å². The number of aromatic nitrogens is 2. The van der Waals surface area contributed by atoms with Crippen molar-refractivity contribution in [3.8, 4) is 0 Å².